The van der Waals surface area contributed by atoms with Gasteiger partial charge in [0.15, 0.2) is 11.5 Å². The van der Waals surface area contributed by atoms with Crippen molar-refractivity contribution in [3.63, 3.8) is 0 Å². The number of aliphatic carboxylic acids is 2. The summed E-state index contributed by atoms with van der Waals surface area (Å²) in [6.07, 6.45) is 0. The molecule has 3 aromatic rings. The van der Waals surface area contributed by atoms with Crippen molar-refractivity contribution in [1.82, 2.24) is 8.75 Å². The highest BCUT2D eigenvalue weighted by Gasteiger charge is 2.37. The van der Waals surface area contributed by atoms with Crippen LogP contribution >= 0.6 is 11.7 Å². The highest BCUT2D eigenvalue weighted by atomic mass is 32.1. The Kier molecular flexibility index (Phi) is 4.36. The Labute approximate surface area is 157 Å². The minimum atomic E-state index is -1.30. The summed E-state index contributed by atoms with van der Waals surface area (Å²) in [4.78, 5) is 24.1. The molecule has 138 valence electrons. The average molecular weight is 386 g/mol. The zero-order chi connectivity index (χ0) is 19.0. The first kappa shape index (κ1) is 17.2. The van der Waals surface area contributed by atoms with Crippen LogP contribution in [0.2, 0.25) is 0 Å². The van der Waals surface area contributed by atoms with Gasteiger partial charge in [0.25, 0.3) is 0 Å². The lowest BCUT2D eigenvalue weighted by Gasteiger charge is -2.24. The molecule has 0 spiro atoms. The molecular weight excluding hydrogens is 372 g/mol. The van der Waals surface area contributed by atoms with Gasteiger partial charge in [0.05, 0.1) is 23.6 Å². The molecule has 0 fully saturated rings. The number of aromatic nitrogens is 2. The van der Waals surface area contributed by atoms with Crippen molar-refractivity contribution < 1.29 is 29.3 Å². The molecule has 9 heteroatoms. The van der Waals surface area contributed by atoms with Gasteiger partial charge in [0, 0.05) is 0 Å². The molecule has 27 heavy (non-hydrogen) atoms. The first-order valence-electron chi connectivity index (χ1n) is 8.12. The first-order chi connectivity index (χ1) is 13.0. The topological polar surface area (TPSA) is 119 Å². The SMILES string of the molecule is O=C(O)C(c1ccc2c(c1)OCCO2)C(C(=O)O)c1ccc2nsnc2c1. The van der Waals surface area contributed by atoms with E-state index >= 15 is 0 Å². The minimum Gasteiger partial charge on any atom is -0.486 e. The zero-order valence-electron chi connectivity index (χ0n) is 13.9. The van der Waals surface area contributed by atoms with Crippen molar-refractivity contribution >= 4 is 34.7 Å². The third kappa shape index (κ3) is 3.17. The van der Waals surface area contributed by atoms with E-state index in [1.807, 2.05) is 0 Å². The van der Waals surface area contributed by atoms with E-state index < -0.39 is 23.8 Å². The van der Waals surface area contributed by atoms with Crippen LogP contribution in [0.15, 0.2) is 36.4 Å². The summed E-state index contributed by atoms with van der Waals surface area (Å²) in [5, 5.41) is 19.6. The summed E-state index contributed by atoms with van der Waals surface area (Å²) >= 11 is 1.01. The third-order valence-electron chi connectivity index (χ3n) is 4.43. The van der Waals surface area contributed by atoms with Crippen molar-refractivity contribution in [2.45, 2.75) is 11.8 Å². The van der Waals surface area contributed by atoms with Gasteiger partial charge in [-0.1, -0.05) is 12.1 Å². The molecule has 2 heterocycles. The molecule has 0 amide bonds. The molecule has 4 rings (SSSR count). The second kappa shape index (κ2) is 6.84. The highest BCUT2D eigenvalue weighted by Crippen LogP contribution is 2.39. The Hall–Kier alpha value is -3.20. The number of hydrogen-bond acceptors (Lipinski definition) is 7. The number of nitrogens with zero attached hydrogens (tertiary/aromatic N) is 2. The van der Waals surface area contributed by atoms with Gasteiger partial charge in [-0.2, -0.15) is 8.75 Å². The quantitative estimate of drug-likeness (QED) is 0.686. The molecule has 8 nitrogen and oxygen atoms in total. The lowest BCUT2D eigenvalue weighted by atomic mass is 9.81. The first-order valence-corrected chi connectivity index (χ1v) is 8.85. The van der Waals surface area contributed by atoms with Crippen LogP contribution in [0.5, 0.6) is 11.5 Å². The number of fused-ring (bicyclic) bond motifs is 2. The van der Waals surface area contributed by atoms with E-state index in [2.05, 4.69) is 8.75 Å². The molecule has 0 saturated carbocycles. The molecular formula is C18H14N2O6S. The van der Waals surface area contributed by atoms with Crippen molar-refractivity contribution in [2.24, 2.45) is 0 Å². The smallest absolute Gasteiger partial charge is 0.312 e. The normalized spacial score (nSPS) is 15.3. The summed E-state index contributed by atoms with van der Waals surface area (Å²) in [5.41, 5.74) is 1.86. The minimum absolute atomic E-state index is 0.329. The number of benzene rings is 2. The van der Waals surface area contributed by atoms with Gasteiger partial charge in [-0.25, -0.2) is 0 Å². The summed E-state index contributed by atoms with van der Waals surface area (Å²) in [5.74, 6) is -4.15. The van der Waals surface area contributed by atoms with Crippen molar-refractivity contribution in [2.75, 3.05) is 13.2 Å². The summed E-state index contributed by atoms with van der Waals surface area (Å²) in [6, 6.07) is 9.50. The Morgan fingerprint density at radius 1 is 0.852 bits per heavy atom. The second-order valence-electron chi connectivity index (χ2n) is 6.05. The molecule has 2 aromatic carbocycles. The van der Waals surface area contributed by atoms with Crippen LogP contribution in [-0.2, 0) is 9.59 Å². The van der Waals surface area contributed by atoms with Crippen LogP contribution in [0.4, 0.5) is 0 Å². The molecule has 0 bridgehead atoms. The molecule has 1 aliphatic heterocycles. The van der Waals surface area contributed by atoms with Crippen LogP contribution in [0.1, 0.15) is 23.0 Å². The van der Waals surface area contributed by atoms with Crippen LogP contribution in [0, 0.1) is 0 Å². The maximum absolute atomic E-state index is 12.0. The monoisotopic (exact) mass is 386 g/mol. The van der Waals surface area contributed by atoms with Crippen molar-refractivity contribution in [1.29, 1.82) is 0 Å². The maximum Gasteiger partial charge on any atom is 0.312 e. The summed E-state index contributed by atoms with van der Waals surface area (Å²) in [6.45, 7) is 0.762. The van der Waals surface area contributed by atoms with Crippen LogP contribution in [0.25, 0.3) is 11.0 Å². The fourth-order valence-electron chi connectivity index (χ4n) is 3.20. The van der Waals surface area contributed by atoms with Crippen LogP contribution in [-0.4, -0.2) is 44.1 Å². The summed E-state index contributed by atoms with van der Waals surface area (Å²) < 4.78 is 19.1. The zero-order valence-corrected chi connectivity index (χ0v) is 14.7. The highest BCUT2D eigenvalue weighted by molar-refractivity contribution is 7.00. The van der Waals surface area contributed by atoms with E-state index in [-0.39, 0.29) is 0 Å². The molecule has 0 aliphatic carbocycles. The number of carbonyl (C=O) groups is 2. The maximum atomic E-state index is 12.0. The molecule has 2 atom stereocenters. The molecule has 1 aromatic heterocycles. The van der Waals surface area contributed by atoms with E-state index in [0.717, 1.165) is 11.7 Å². The third-order valence-corrected chi connectivity index (χ3v) is 4.98. The van der Waals surface area contributed by atoms with Gasteiger partial charge < -0.3 is 19.7 Å². The number of ether oxygens (including phenoxy) is 2. The molecule has 0 saturated heterocycles. The Balaban J connectivity index is 1.80. The van der Waals surface area contributed by atoms with E-state index in [1.165, 1.54) is 6.07 Å². The molecule has 2 N–H and O–H groups in total. The van der Waals surface area contributed by atoms with Gasteiger partial charge in [-0.15, -0.1) is 0 Å². The lowest BCUT2D eigenvalue weighted by molar-refractivity contribution is -0.147. The largest absolute Gasteiger partial charge is 0.486 e. The van der Waals surface area contributed by atoms with E-state index in [4.69, 9.17) is 9.47 Å². The number of carboxylic acid groups (broad SMARTS) is 2. The molecule has 1 aliphatic rings. The van der Waals surface area contributed by atoms with Crippen LogP contribution < -0.4 is 9.47 Å². The van der Waals surface area contributed by atoms with Gasteiger partial charge in [0.1, 0.15) is 24.2 Å². The van der Waals surface area contributed by atoms with E-state index in [0.29, 0.717) is 46.9 Å². The van der Waals surface area contributed by atoms with Gasteiger partial charge in [-0.05, 0) is 35.4 Å². The van der Waals surface area contributed by atoms with Gasteiger partial charge in [0.2, 0.25) is 0 Å². The Morgan fingerprint density at radius 2 is 1.44 bits per heavy atom. The number of carboxylic acids is 2. The average Bonchev–Trinajstić information content (AvgIpc) is 3.12. The fourth-order valence-corrected chi connectivity index (χ4v) is 3.72. The Morgan fingerprint density at radius 3 is 2.15 bits per heavy atom. The van der Waals surface area contributed by atoms with E-state index in [1.54, 1.807) is 30.3 Å². The predicted molar refractivity (Wildman–Crippen MR) is 95.6 cm³/mol. The summed E-state index contributed by atoms with van der Waals surface area (Å²) in [7, 11) is 0. The predicted octanol–water partition coefficient (Wildman–Crippen LogP) is 2.50. The van der Waals surface area contributed by atoms with E-state index in [9.17, 15) is 19.8 Å². The van der Waals surface area contributed by atoms with Gasteiger partial charge >= 0.3 is 11.9 Å². The standard InChI is InChI=1S/C18H14N2O6S/c21-17(22)15(9-1-3-11-12(7-9)20-27-19-11)16(18(23)24)10-2-4-13-14(8-10)26-6-5-25-13/h1-4,7-8,15-16H,5-6H2,(H,21,22)(H,23,24). The Bertz CT molecular complexity index is 1030. The lowest BCUT2D eigenvalue weighted by Crippen LogP contribution is -2.26. The van der Waals surface area contributed by atoms with Crippen LogP contribution in [0.3, 0.4) is 0 Å². The number of hydrogen-bond donors (Lipinski definition) is 2. The van der Waals surface area contributed by atoms with Crippen molar-refractivity contribution in [3.05, 3.63) is 47.5 Å². The fraction of sp³-hybridized carbons (Fsp3) is 0.222. The second-order valence-corrected chi connectivity index (χ2v) is 6.58. The number of rotatable bonds is 5. The molecule has 0 radical (unpaired) electrons. The molecule has 2 unspecified atom stereocenters. The van der Waals surface area contributed by atoms with Gasteiger partial charge in [-0.3, -0.25) is 9.59 Å². The van der Waals surface area contributed by atoms with Crippen molar-refractivity contribution in [3.8, 4) is 11.5 Å².